The van der Waals surface area contributed by atoms with E-state index in [1.165, 1.54) is 12.1 Å². The van der Waals surface area contributed by atoms with E-state index in [4.69, 9.17) is 0 Å². The normalized spacial score (nSPS) is 10.8. The maximum absolute atomic E-state index is 13.7. The molecule has 4 heteroatoms. The van der Waals surface area contributed by atoms with Gasteiger partial charge in [-0.3, -0.25) is 4.98 Å². The molecule has 0 atom stereocenters. The predicted molar refractivity (Wildman–Crippen MR) is 80.2 cm³/mol. The van der Waals surface area contributed by atoms with Crippen molar-refractivity contribution in [3.05, 3.63) is 71.4 Å². The number of aromatic nitrogens is 1. The molecule has 0 bridgehead atoms. The predicted octanol–water partition coefficient (Wildman–Crippen LogP) is 4.43. The van der Waals surface area contributed by atoms with Gasteiger partial charge in [-0.1, -0.05) is 24.3 Å². The molecular weight excluding hydrogens is 270 g/mol. The van der Waals surface area contributed by atoms with Crippen LogP contribution in [0.15, 0.2) is 48.5 Å². The van der Waals surface area contributed by atoms with Crippen molar-refractivity contribution in [3.63, 3.8) is 0 Å². The zero-order chi connectivity index (χ0) is 14.8. The molecule has 21 heavy (non-hydrogen) atoms. The number of hydrogen-bond donors (Lipinski definition) is 1. The summed E-state index contributed by atoms with van der Waals surface area (Å²) in [5.41, 5.74) is 3.09. The van der Waals surface area contributed by atoms with Gasteiger partial charge < -0.3 is 5.32 Å². The van der Waals surface area contributed by atoms with Crippen LogP contribution in [0, 0.1) is 18.6 Å². The summed E-state index contributed by atoms with van der Waals surface area (Å²) in [5.74, 6) is -1.11. The molecule has 2 nitrogen and oxygen atoms in total. The molecule has 0 saturated carbocycles. The number of nitrogens with one attached hydrogen (secondary N) is 1. The number of benzene rings is 2. The van der Waals surface area contributed by atoms with Crippen LogP contribution in [0.2, 0.25) is 0 Å². The van der Waals surface area contributed by atoms with Crippen LogP contribution >= 0.6 is 0 Å². The number of rotatable bonds is 3. The van der Waals surface area contributed by atoms with Crippen LogP contribution in [0.3, 0.4) is 0 Å². The highest BCUT2D eigenvalue weighted by Gasteiger charge is 2.06. The number of fused-ring (bicyclic) bond motifs is 1. The molecule has 0 saturated heterocycles. The van der Waals surface area contributed by atoms with Gasteiger partial charge in [0.25, 0.3) is 0 Å². The zero-order valence-electron chi connectivity index (χ0n) is 11.5. The van der Waals surface area contributed by atoms with Crippen LogP contribution in [0.5, 0.6) is 0 Å². The van der Waals surface area contributed by atoms with Crippen LogP contribution in [0.1, 0.15) is 11.3 Å². The van der Waals surface area contributed by atoms with Gasteiger partial charge in [0.1, 0.15) is 11.6 Å². The minimum Gasteiger partial charge on any atom is -0.380 e. The molecule has 0 spiro atoms. The van der Waals surface area contributed by atoms with Crippen molar-refractivity contribution in [1.29, 1.82) is 0 Å². The first-order valence-electron chi connectivity index (χ1n) is 6.68. The first-order chi connectivity index (χ1) is 10.1. The third-order valence-corrected chi connectivity index (χ3v) is 3.33. The van der Waals surface area contributed by atoms with E-state index < -0.39 is 11.6 Å². The summed E-state index contributed by atoms with van der Waals surface area (Å²) in [4.78, 5) is 4.46. The molecule has 1 aromatic heterocycles. The van der Waals surface area contributed by atoms with Gasteiger partial charge in [-0.15, -0.1) is 0 Å². The Morgan fingerprint density at radius 2 is 1.86 bits per heavy atom. The smallest absolute Gasteiger partial charge is 0.131 e. The SMILES string of the molecule is Cc1cc(NCc2ccc(F)cc2F)c2ccccc2n1. The number of hydrogen-bond acceptors (Lipinski definition) is 2. The summed E-state index contributed by atoms with van der Waals surface area (Å²) in [5, 5.41) is 4.18. The van der Waals surface area contributed by atoms with E-state index in [0.29, 0.717) is 12.1 Å². The summed E-state index contributed by atoms with van der Waals surface area (Å²) in [6, 6.07) is 13.3. The fraction of sp³-hybridized carbons (Fsp3) is 0.118. The maximum Gasteiger partial charge on any atom is 0.131 e. The van der Waals surface area contributed by atoms with Crippen LogP contribution in [0.25, 0.3) is 10.9 Å². The fourth-order valence-corrected chi connectivity index (χ4v) is 2.31. The van der Waals surface area contributed by atoms with Gasteiger partial charge in [-0.05, 0) is 25.1 Å². The van der Waals surface area contributed by atoms with Crippen molar-refractivity contribution in [3.8, 4) is 0 Å². The van der Waals surface area contributed by atoms with E-state index >= 15 is 0 Å². The van der Waals surface area contributed by atoms with Gasteiger partial charge >= 0.3 is 0 Å². The Morgan fingerprint density at radius 1 is 1.05 bits per heavy atom. The number of aryl methyl sites for hydroxylation is 1. The Hall–Kier alpha value is -2.49. The number of anilines is 1. The lowest BCUT2D eigenvalue weighted by Gasteiger charge is -2.11. The third-order valence-electron chi connectivity index (χ3n) is 3.33. The fourth-order valence-electron chi connectivity index (χ4n) is 2.31. The molecular formula is C17H14F2N2. The molecule has 2 aromatic carbocycles. The molecule has 0 aliphatic rings. The zero-order valence-corrected chi connectivity index (χ0v) is 11.5. The number of nitrogens with zero attached hydrogens (tertiary/aromatic N) is 1. The number of para-hydroxylation sites is 1. The summed E-state index contributed by atoms with van der Waals surface area (Å²) in [6.07, 6.45) is 0. The van der Waals surface area contributed by atoms with Crippen LogP contribution in [-0.4, -0.2) is 4.98 Å². The molecule has 1 heterocycles. The minimum atomic E-state index is -0.568. The Labute approximate surface area is 121 Å². The molecule has 106 valence electrons. The van der Waals surface area contributed by atoms with E-state index in [-0.39, 0.29) is 0 Å². The van der Waals surface area contributed by atoms with E-state index in [1.807, 2.05) is 37.3 Å². The number of pyridine rings is 1. The molecule has 0 radical (unpaired) electrons. The standard InChI is InChI=1S/C17H14F2N2/c1-11-8-17(14-4-2-3-5-16(14)21-11)20-10-12-6-7-13(18)9-15(12)19/h2-9H,10H2,1H3,(H,20,21). The highest BCUT2D eigenvalue weighted by Crippen LogP contribution is 2.23. The van der Waals surface area contributed by atoms with Gasteiger partial charge in [-0.25, -0.2) is 8.78 Å². The molecule has 3 rings (SSSR count). The van der Waals surface area contributed by atoms with Gasteiger partial charge in [0.15, 0.2) is 0 Å². The van der Waals surface area contributed by atoms with Crippen molar-refractivity contribution in [2.45, 2.75) is 13.5 Å². The molecule has 0 aliphatic carbocycles. The van der Waals surface area contributed by atoms with Crippen molar-refractivity contribution in [2.24, 2.45) is 0 Å². The monoisotopic (exact) mass is 284 g/mol. The third kappa shape index (κ3) is 2.84. The van der Waals surface area contributed by atoms with Crippen molar-refractivity contribution in [2.75, 3.05) is 5.32 Å². The van der Waals surface area contributed by atoms with E-state index in [1.54, 1.807) is 0 Å². The molecule has 0 fully saturated rings. The largest absolute Gasteiger partial charge is 0.380 e. The summed E-state index contributed by atoms with van der Waals surface area (Å²) in [7, 11) is 0. The lowest BCUT2D eigenvalue weighted by Crippen LogP contribution is -2.03. The summed E-state index contributed by atoms with van der Waals surface area (Å²) in [6.45, 7) is 2.20. The Morgan fingerprint density at radius 3 is 2.67 bits per heavy atom. The van der Waals surface area contributed by atoms with Gasteiger partial charge in [-0.2, -0.15) is 0 Å². The first kappa shape index (κ1) is 13.5. The van der Waals surface area contributed by atoms with Crippen LogP contribution in [0.4, 0.5) is 14.5 Å². The Balaban J connectivity index is 1.91. The van der Waals surface area contributed by atoms with Crippen LogP contribution in [-0.2, 0) is 6.54 Å². The Bertz CT molecular complexity index is 800. The topological polar surface area (TPSA) is 24.9 Å². The van der Waals surface area contributed by atoms with E-state index in [2.05, 4.69) is 10.3 Å². The van der Waals surface area contributed by atoms with Crippen LogP contribution < -0.4 is 5.32 Å². The summed E-state index contributed by atoms with van der Waals surface area (Å²) < 4.78 is 26.6. The van der Waals surface area contributed by atoms with Gasteiger partial charge in [0, 0.05) is 34.9 Å². The van der Waals surface area contributed by atoms with Gasteiger partial charge in [0.2, 0.25) is 0 Å². The second-order valence-electron chi connectivity index (χ2n) is 4.92. The van der Waals surface area contributed by atoms with Crippen molar-refractivity contribution >= 4 is 16.6 Å². The highest BCUT2D eigenvalue weighted by molar-refractivity contribution is 5.91. The van der Waals surface area contributed by atoms with Crippen molar-refractivity contribution < 1.29 is 8.78 Å². The molecule has 3 aromatic rings. The number of halogens is 2. The summed E-state index contributed by atoms with van der Waals surface area (Å²) >= 11 is 0. The van der Waals surface area contributed by atoms with E-state index in [0.717, 1.165) is 28.4 Å². The second kappa shape index (κ2) is 5.48. The lowest BCUT2D eigenvalue weighted by atomic mass is 10.1. The lowest BCUT2D eigenvalue weighted by molar-refractivity contribution is 0.574. The average Bonchev–Trinajstić information content (AvgIpc) is 2.46. The molecule has 0 unspecified atom stereocenters. The highest BCUT2D eigenvalue weighted by atomic mass is 19.1. The van der Waals surface area contributed by atoms with Gasteiger partial charge in [0.05, 0.1) is 5.52 Å². The minimum absolute atomic E-state index is 0.291. The molecule has 0 amide bonds. The molecule has 0 aliphatic heterocycles. The quantitative estimate of drug-likeness (QED) is 0.769. The second-order valence-corrected chi connectivity index (χ2v) is 4.92. The van der Waals surface area contributed by atoms with Crippen molar-refractivity contribution in [1.82, 2.24) is 4.98 Å². The first-order valence-corrected chi connectivity index (χ1v) is 6.68. The maximum atomic E-state index is 13.7. The average molecular weight is 284 g/mol. The Kier molecular flexibility index (Phi) is 3.52. The van der Waals surface area contributed by atoms with E-state index in [9.17, 15) is 8.78 Å². The molecule has 1 N–H and O–H groups in total.